The SMILES string of the molecule is CCn1nc(CNCCC(O)COC)c2ccccc21. The first-order valence-corrected chi connectivity index (χ1v) is 7.08. The average molecular weight is 277 g/mol. The molecule has 110 valence electrons. The lowest BCUT2D eigenvalue weighted by atomic mass is 10.2. The topological polar surface area (TPSA) is 59.3 Å². The van der Waals surface area contributed by atoms with Crippen molar-refractivity contribution in [2.45, 2.75) is 32.5 Å². The molecule has 0 aliphatic rings. The van der Waals surface area contributed by atoms with Gasteiger partial charge in [-0.25, -0.2) is 0 Å². The van der Waals surface area contributed by atoms with Gasteiger partial charge in [0.2, 0.25) is 0 Å². The van der Waals surface area contributed by atoms with Gasteiger partial charge in [-0.3, -0.25) is 4.68 Å². The predicted molar refractivity (Wildman–Crippen MR) is 79.6 cm³/mol. The molecule has 1 atom stereocenters. The quantitative estimate of drug-likeness (QED) is 0.719. The molecule has 5 heteroatoms. The molecule has 0 radical (unpaired) electrons. The van der Waals surface area contributed by atoms with Gasteiger partial charge in [0, 0.05) is 25.6 Å². The molecule has 0 amide bonds. The van der Waals surface area contributed by atoms with E-state index in [1.165, 1.54) is 10.9 Å². The number of para-hydroxylation sites is 1. The van der Waals surface area contributed by atoms with E-state index >= 15 is 0 Å². The zero-order valence-corrected chi connectivity index (χ0v) is 12.2. The van der Waals surface area contributed by atoms with Gasteiger partial charge in [0.05, 0.1) is 23.9 Å². The fourth-order valence-corrected chi connectivity index (χ4v) is 2.32. The Bertz CT molecular complexity index is 539. The van der Waals surface area contributed by atoms with E-state index in [2.05, 4.69) is 29.5 Å². The highest BCUT2D eigenvalue weighted by molar-refractivity contribution is 5.81. The summed E-state index contributed by atoms with van der Waals surface area (Å²) in [5.41, 5.74) is 2.23. The number of rotatable bonds is 8. The third-order valence-corrected chi connectivity index (χ3v) is 3.34. The average Bonchev–Trinajstić information content (AvgIpc) is 2.82. The number of aromatic nitrogens is 2. The Morgan fingerprint density at radius 1 is 1.40 bits per heavy atom. The molecule has 1 aromatic heterocycles. The van der Waals surface area contributed by atoms with Gasteiger partial charge in [-0.15, -0.1) is 0 Å². The summed E-state index contributed by atoms with van der Waals surface area (Å²) < 4.78 is 6.92. The highest BCUT2D eigenvalue weighted by Crippen LogP contribution is 2.18. The minimum atomic E-state index is -0.405. The summed E-state index contributed by atoms with van der Waals surface area (Å²) in [6, 6.07) is 8.27. The smallest absolute Gasteiger partial charge is 0.0841 e. The van der Waals surface area contributed by atoms with E-state index in [-0.39, 0.29) is 0 Å². The summed E-state index contributed by atoms with van der Waals surface area (Å²) in [5.74, 6) is 0. The lowest BCUT2D eigenvalue weighted by Gasteiger charge is -2.09. The van der Waals surface area contributed by atoms with Crippen LogP contribution >= 0.6 is 0 Å². The predicted octanol–water partition coefficient (Wildman–Crippen LogP) is 1.54. The van der Waals surface area contributed by atoms with Crippen LogP contribution in [0.1, 0.15) is 19.0 Å². The van der Waals surface area contributed by atoms with Gasteiger partial charge >= 0.3 is 0 Å². The van der Waals surface area contributed by atoms with Crippen LogP contribution in [0.5, 0.6) is 0 Å². The van der Waals surface area contributed by atoms with Gasteiger partial charge in [0.1, 0.15) is 0 Å². The van der Waals surface area contributed by atoms with E-state index in [4.69, 9.17) is 4.74 Å². The van der Waals surface area contributed by atoms with Crippen molar-refractivity contribution < 1.29 is 9.84 Å². The number of nitrogens with one attached hydrogen (secondary N) is 1. The Hall–Kier alpha value is -1.43. The van der Waals surface area contributed by atoms with Crippen LogP contribution in [0.3, 0.4) is 0 Å². The van der Waals surface area contributed by atoms with Crippen LogP contribution < -0.4 is 5.32 Å². The fourth-order valence-electron chi connectivity index (χ4n) is 2.32. The van der Waals surface area contributed by atoms with Crippen LogP contribution in [0.2, 0.25) is 0 Å². The molecule has 2 N–H and O–H groups in total. The van der Waals surface area contributed by atoms with Crippen molar-refractivity contribution in [1.82, 2.24) is 15.1 Å². The first-order chi connectivity index (χ1) is 9.76. The second kappa shape index (κ2) is 7.38. The minimum Gasteiger partial charge on any atom is -0.391 e. The molecule has 2 aromatic rings. The third-order valence-electron chi connectivity index (χ3n) is 3.34. The lowest BCUT2D eigenvalue weighted by Crippen LogP contribution is -2.23. The van der Waals surface area contributed by atoms with Crippen LogP contribution in [-0.2, 0) is 17.8 Å². The van der Waals surface area contributed by atoms with Crippen LogP contribution in [0, 0.1) is 0 Å². The Balaban J connectivity index is 1.93. The maximum atomic E-state index is 9.58. The van der Waals surface area contributed by atoms with E-state index in [9.17, 15) is 5.11 Å². The molecular weight excluding hydrogens is 254 g/mol. The standard InChI is InChI=1S/C15H23N3O2/c1-3-18-15-7-5-4-6-13(15)14(17-18)10-16-9-8-12(19)11-20-2/h4-7,12,16,19H,3,8-11H2,1-2H3. The number of aliphatic hydroxyl groups excluding tert-OH is 1. The van der Waals surface area contributed by atoms with Crippen molar-refractivity contribution in [3.05, 3.63) is 30.0 Å². The highest BCUT2D eigenvalue weighted by Gasteiger charge is 2.09. The van der Waals surface area contributed by atoms with Crippen LogP contribution in [0.4, 0.5) is 0 Å². The van der Waals surface area contributed by atoms with Crippen LogP contribution in [-0.4, -0.2) is 41.3 Å². The van der Waals surface area contributed by atoms with Crippen molar-refractivity contribution in [2.24, 2.45) is 0 Å². The van der Waals surface area contributed by atoms with Crippen molar-refractivity contribution in [3.63, 3.8) is 0 Å². The molecule has 0 aliphatic heterocycles. The van der Waals surface area contributed by atoms with Crippen LogP contribution in [0.25, 0.3) is 10.9 Å². The minimum absolute atomic E-state index is 0.384. The molecule has 0 aliphatic carbocycles. The Morgan fingerprint density at radius 3 is 2.95 bits per heavy atom. The Kier molecular flexibility index (Phi) is 5.52. The molecule has 1 aromatic carbocycles. The van der Waals surface area contributed by atoms with Gasteiger partial charge in [0.15, 0.2) is 0 Å². The largest absolute Gasteiger partial charge is 0.391 e. The molecule has 20 heavy (non-hydrogen) atoms. The first kappa shape index (κ1) is 15.0. The van der Waals surface area contributed by atoms with E-state index in [0.717, 1.165) is 18.8 Å². The van der Waals surface area contributed by atoms with Gasteiger partial charge in [-0.05, 0) is 26.0 Å². The van der Waals surface area contributed by atoms with E-state index in [1.807, 2.05) is 16.8 Å². The molecule has 2 rings (SSSR count). The monoisotopic (exact) mass is 277 g/mol. The molecule has 0 saturated heterocycles. The summed E-state index contributed by atoms with van der Waals surface area (Å²) >= 11 is 0. The first-order valence-electron chi connectivity index (χ1n) is 7.08. The van der Waals surface area contributed by atoms with Gasteiger partial charge in [-0.2, -0.15) is 5.10 Å². The molecule has 0 saturated carbocycles. The number of aliphatic hydroxyl groups is 1. The molecule has 0 spiro atoms. The van der Waals surface area contributed by atoms with Crippen molar-refractivity contribution in [1.29, 1.82) is 0 Å². The molecule has 0 bridgehead atoms. The van der Waals surface area contributed by atoms with Gasteiger partial charge in [-0.1, -0.05) is 18.2 Å². The fraction of sp³-hybridized carbons (Fsp3) is 0.533. The summed E-state index contributed by atoms with van der Waals surface area (Å²) in [4.78, 5) is 0. The second-order valence-corrected chi connectivity index (χ2v) is 4.85. The zero-order chi connectivity index (χ0) is 14.4. The number of hydrogen-bond acceptors (Lipinski definition) is 4. The maximum Gasteiger partial charge on any atom is 0.0841 e. The molecule has 1 heterocycles. The van der Waals surface area contributed by atoms with Crippen molar-refractivity contribution in [3.8, 4) is 0 Å². The Morgan fingerprint density at radius 2 is 2.20 bits per heavy atom. The van der Waals surface area contributed by atoms with Crippen molar-refractivity contribution in [2.75, 3.05) is 20.3 Å². The summed E-state index contributed by atoms with van der Waals surface area (Å²) in [7, 11) is 1.60. The number of methoxy groups -OCH3 is 1. The molecule has 5 nitrogen and oxygen atoms in total. The summed E-state index contributed by atoms with van der Waals surface area (Å²) in [5, 5.41) is 18.7. The van der Waals surface area contributed by atoms with Gasteiger partial charge in [0.25, 0.3) is 0 Å². The van der Waals surface area contributed by atoms with Gasteiger partial charge < -0.3 is 15.2 Å². The molecular formula is C15H23N3O2. The highest BCUT2D eigenvalue weighted by atomic mass is 16.5. The van der Waals surface area contributed by atoms with Crippen LogP contribution in [0.15, 0.2) is 24.3 Å². The Labute approximate surface area is 119 Å². The summed E-state index contributed by atoms with van der Waals surface area (Å²) in [6.45, 7) is 4.81. The number of fused-ring (bicyclic) bond motifs is 1. The lowest BCUT2D eigenvalue weighted by molar-refractivity contribution is 0.0594. The second-order valence-electron chi connectivity index (χ2n) is 4.85. The number of benzene rings is 1. The number of ether oxygens (including phenoxy) is 1. The molecule has 0 fully saturated rings. The van der Waals surface area contributed by atoms with E-state index < -0.39 is 6.10 Å². The number of nitrogens with zero attached hydrogens (tertiary/aromatic N) is 2. The third kappa shape index (κ3) is 3.56. The summed E-state index contributed by atoms with van der Waals surface area (Å²) in [6.07, 6.45) is 0.276. The van der Waals surface area contributed by atoms with Crippen molar-refractivity contribution >= 4 is 10.9 Å². The van der Waals surface area contributed by atoms with E-state index in [0.29, 0.717) is 19.6 Å². The number of hydrogen-bond donors (Lipinski definition) is 2. The van der Waals surface area contributed by atoms with E-state index in [1.54, 1.807) is 7.11 Å². The zero-order valence-electron chi connectivity index (χ0n) is 12.2. The maximum absolute atomic E-state index is 9.58. The molecule has 1 unspecified atom stereocenters. The number of aryl methyl sites for hydroxylation is 1. The normalized spacial score (nSPS) is 12.9.